The number of nitrogens with zero attached hydrogens (tertiary/aromatic N) is 2. The first-order valence-corrected chi connectivity index (χ1v) is 28.5. The molecule has 6 aliphatic heterocycles. The van der Waals surface area contributed by atoms with Crippen molar-refractivity contribution in [2.75, 3.05) is 27.3 Å². The van der Waals surface area contributed by atoms with Crippen LogP contribution in [0.4, 0.5) is 0 Å². The van der Waals surface area contributed by atoms with Gasteiger partial charge in [-0.2, -0.15) is 19.9 Å². The van der Waals surface area contributed by atoms with Gasteiger partial charge in [0.2, 0.25) is 5.79 Å². The van der Waals surface area contributed by atoms with Crippen LogP contribution >= 0.6 is 0 Å². The fourth-order valence-corrected chi connectivity index (χ4v) is 19.5. The number of hydrogen-bond acceptors (Lipinski definition) is 11. The molecular weight excluding hydrogens is 889 g/mol. The molecule has 0 radical (unpaired) electrons. The minimum atomic E-state index is -2.60. The number of benzene rings is 4. The van der Waals surface area contributed by atoms with Gasteiger partial charge in [-0.15, -0.1) is 0 Å². The number of ether oxygens (including phenoxy) is 3. The van der Waals surface area contributed by atoms with Gasteiger partial charge in [-0.1, -0.05) is 191 Å². The van der Waals surface area contributed by atoms with Gasteiger partial charge < -0.3 is 23.1 Å². The Morgan fingerprint density at radius 1 is 0.529 bits per heavy atom. The van der Waals surface area contributed by atoms with Gasteiger partial charge in [0.15, 0.2) is 6.29 Å². The van der Waals surface area contributed by atoms with E-state index in [1.54, 1.807) is 0 Å². The number of likely N-dealkylation sites (N-methyl/N-ethyl adjacent to an activating group) is 2. The molecule has 13 heteroatoms. The smallest absolute Gasteiger partial charge is 0.261 e. The van der Waals surface area contributed by atoms with E-state index in [9.17, 15) is 0 Å². The Hall–Kier alpha value is -3.55. The van der Waals surface area contributed by atoms with Crippen molar-refractivity contribution < 1.29 is 42.5 Å². The summed E-state index contributed by atoms with van der Waals surface area (Å²) in [6, 6.07) is 43.1. The van der Waals surface area contributed by atoms with Crippen molar-refractivity contribution in [2.24, 2.45) is 11.8 Å². The molecule has 5 saturated heterocycles. The molecule has 11 nitrogen and oxygen atoms in total. The molecule has 4 aromatic rings. The molecule has 0 bridgehead atoms. The molecule has 6 heterocycles. The van der Waals surface area contributed by atoms with Crippen molar-refractivity contribution in [3.63, 3.8) is 0 Å². The minimum Gasteiger partial charge on any atom is -0.494 e. The van der Waals surface area contributed by atoms with Crippen molar-refractivity contribution in [1.82, 2.24) is 10.1 Å². The summed E-state index contributed by atoms with van der Waals surface area (Å²) in [5.74, 6) is 0.396. The lowest BCUT2D eigenvalue weighted by molar-refractivity contribution is -0.167. The first-order valence-electron chi connectivity index (χ1n) is 24.7. The summed E-state index contributed by atoms with van der Waals surface area (Å²) < 4.78 is 32.2. The first-order chi connectivity index (χ1) is 32.4. The van der Waals surface area contributed by atoms with E-state index in [1.807, 2.05) is 58.2 Å². The maximum atomic E-state index is 7.15. The third-order valence-electron chi connectivity index (χ3n) is 14.1. The lowest BCUT2D eigenvalue weighted by Crippen LogP contribution is -2.67. The van der Waals surface area contributed by atoms with Gasteiger partial charge in [-0.3, -0.25) is 9.68 Å². The highest BCUT2D eigenvalue weighted by Gasteiger charge is 2.61. The second-order valence-electron chi connectivity index (χ2n) is 21.1. The van der Waals surface area contributed by atoms with E-state index >= 15 is 0 Å². The molecule has 6 aliphatic rings. The van der Waals surface area contributed by atoms with Gasteiger partial charge in [0, 0.05) is 25.9 Å². The van der Waals surface area contributed by atoms with Crippen molar-refractivity contribution >= 4 is 37.4 Å². The van der Waals surface area contributed by atoms with E-state index in [0.29, 0.717) is 25.0 Å². The summed E-state index contributed by atoms with van der Waals surface area (Å²) in [4.78, 5) is 21.1. The zero-order valence-corrected chi connectivity index (χ0v) is 45.0. The van der Waals surface area contributed by atoms with E-state index in [4.69, 9.17) is 32.7 Å². The van der Waals surface area contributed by atoms with E-state index in [-0.39, 0.29) is 64.8 Å². The molecule has 0 saturated carbocycles. The van der Waals surface area contributed by atoms with Gasteiger partial charge in [0.1, 0.15) is 30.5 Å². The quantitative estimate of drug-likeness (QED) is 0.0872. The monoisotopic (exact) mass is 967 g/mol. The molecule has 10 atom stereocenters. The summed E-state index contributed by atoms with van der Waals surface area (Å²) in [6.07, 6.45) is 3.97. The van der Waals surface area contributed by atoms with Crippen molar-refractivity contribution in [3.8, 4) is 0 Å². The molecule has 10 rings (SSSR count). The van der Waals surface area contributed by atoms with E-state index < -0.39 is 16.6 Å². The molecular formula is C55H78N2O9Si2. The molecule has 370 valence electrons. The Bertz CT molecular complexity index is 2120. The zero-order chi connectivity index (χ0) is 49.1. The van der Waals surface area contributed by atoms with Crippen LogP contribution in [-0.2, 0) is 42.5 Å². The highest BCUT2D eigenvalue weighted by atomic mass is 28.4. The second kappa shape index (κ2) is 21.4. The normalized spacial score (nSPS) is 29.3. The minimum absolute atomic E-state index is 0.0153. The Balaban J connectivity index is 0.000000177. The summed E-state index contributed by atoms with van der Waals surface area (Å²) in [7, 11) is -1.18. The Morgan fingerprint density at radius 3 is 1.25 bits per heavy atom. The molecule has 0 aromatic heterocycles. The Morgan fingerprint density at radius 2 is 0.882 bits per heavy atom. The fraction of sp³-hybridized carbons (Fsp3) is 0.527. The van der Waals surface area contributed by atoms with Crippen LogP contribution in [0, 0.1) is 11.8 Å². The Kier molecular flexibility index (Phi) is 16.5. The number of rotatable bonds is 10. The van der Waals surface area contributed by atoms with E-state index in [2.05, 4.69) is 193 Å². The van der Waals surface area contributed by atoms with Crippen LogP contribution in [0.25, 0.3) is 0 Å². The van der Waals surface area contributed by atoms with Crippen LogP contribution in [0.1, 0.15) is 83.1 Å². The molecule has 0 spiro atoms. The number of hydrogen-bond donors (Lipinski definition) is 0. The standard InChI is InChI=1S/C25H33NO4Si.C25H33NO3Si.C3H6O2.C2H6/c1-17-21-23(29-24-22(17)28-24)20(26(5)30-21)16-27-31(25(2,3)4,18-12-8-6-9-13-18)19-14-10-7-11-15-19;1-19-16-17-27-24-22(26(5)29-23(19)24)18-28-30(25(2,3)4,20-12-8-6-9-13-20)21-14-10-7-11-15-21;1-3(2)4-5-3;1-2/h6-15,17,20-24H,16H2,1-5H3;6-17,19,22-24H,18H2,1-5H3;1-2H3;1-2H3/t17-,20+,21+,22+,23+,24-;19-,22-,23-,24-;;/m01../s1. The third kappa shape index (κ3) is 10.8. The van der Waals surface area contributed by atoms with Gasteiger partial charge >= 0.3 is 0 Å². The molecule has 0 N–H and O–H groups in total. The molecule has 4 aromatic carbocycles. The summed E-state index contributed by atoms with van der Waals surface area (Å²) in [5.41, 5.74) is 0. The lowest BCUT2D eigenvalue weighted by atomic mass is 9.91. The molecule has 0 aliphatic carbocycles. The maximum Gasteiger partial charge on any atom is 0.261 e. The number of epoxide rings is 1. The van der Waals surface area contributed by atoms with Gasteiger partial charge in [0.25, 0.3) is 16.6 Å². The van der Waals surface area contributed by atoms with E-state index in [0.717, 1.165) is 0 Å². The van der Waals surface area contributed by atoms with Gasteiger partial charge in [-0.05, 0) is 50.7 Å². The van der Waals surface area contributed by atoms with Crippen molar-refractivity contribution in [1.29, 1.82) is 0 Å². The largest absolute Gasteiger partial charge is 0.494 e. The molecule has 68 heavy (non-hydrogen) atoms. The SMILES string of the molecule is CC.CC1(C)OO1.C[C@@H]1C=CO[C@H]2[C@@H]1ON(C)[C@@H]2CO[Si](c1ccccc1)(c1ccccc1)C(C)(C)C.C[C@H]1[C@H]2ON(C)[C@H](CO[Si](c3ccccc3)(c3ccccc3)C(C)(C)C)[C@H]2O[C@@H]2O[C@@H]21. The van der Waals surface area contributed by atoms with E-state index in [1.165, 1.54) is 20.7 Å². The number of hydroxylamine groups is 4. The maximum absolute atomic E-state index is 7.15. The molecule has 0 unspecified atom stereocenters. The van der Waals surface area contributed by atoms with Crippen molar-refractivity contribution in [2.45, 2.75) is 148 Å². The fourth-order valence-electron chi connectivity index (χ4n) is 10.4. The summed E-state index contributed by atoms with van der Waals surface area (Å²) in [5, 5.41) is 8.95. The van der Waals surface area contributed by atoms with Crippen LogP contribution in [0.3, 0.4) is 0 Å². The predicted molar refractivity (Wildman–Crippen MR) is 273 cm³/mol. The Labute approximate surface area is 409 Å². The highest BCUT2D eigenvalue weighted by Crippen LogP contribution is 2.46. The highest BCUT2D eigenvalue weighted by molar-refractivity contribution is 7.00. The van der Waals surface area contributed by atoms with Crippen LogP contribution in [0.2, 0.25) is 10.1 Å². The zero-order valence-electron chi connectivity index (χ0n) is 43.0. The average Bonchev–Trinajstić information content (AvgIpc) is 4.21. The van der Waals surface area contributed by atoms with Gasteiger partial charge in [-0.25, -0.2) is 0 Å². The van der Waals surface area contributed by atoms with Gasteiger partial charge in [0.05, 0.1) is 31.6 Å². The average molecular weight is 967 g/mol. The topological polar surface area (TPSA) is 99.5 Å². The van der Waals surface area contributed by atoms with Crippen LogP contribution in [0.5, 0.6) is 0 Å². The first kappa shape index (κ1) is 52.3. The molecule has 0 amide bonds. The second-order valence-corrected chi connectivity index (χ2v) is 29.7. The number of fused-ring (bicyclic) bond motifs is 3. The summed E-state index contributed by atoms with van der Waals surface area (Å²) in [6.45, 7) is 27.0. The lowest BCUT2D eigenvalue weighted by Gasteiger charge is -2.44. The van der Waals surface area contributed by atoms with Crippen LogP contribution in [-0.4, -0.2) is 109 Å². The molecule has 5 fully saturated rings. The third-order valence-corrected chi connectivity index (χ3v) is 24.1. The van der Waals surface area contributed by atoms with Crippen LogP contribution in [0.15, 0.2) is 134 Å². The van der Waals surface area contributed by atoms with Crippen LogP contribution < -0.4 is 20.7 Å². The predicted octanol–water partition coefficient (Wildman–Crippen LogP) is 8.37. The summed E-state index contributed by atoms with van der Waals surface area (Å²) >= 11 is 0. The van der Waals surface area contributed by atoms with Crippen molar-refractivity contribution in [3.05, 3.63) is 134 Å².